The van der Waals surface area contributed by atoms with Gasteiger partial charge in [-0.05, 0) is 24.8 Å². The minimum atomic E-state index is -3.68. The molecule has 1 aromatic rings. The smallest absolute Gasteiger partial charge is 0.271 e. The number of nitrogens with two attached hydrogens (primary N) is 1. The van der Waals surface area contributed by atoms with Gasteiger partial charge in [0.05, 0.1) is 10.6 Å². The zero-order valence-corrected chi connectivity index (χ0v) is 11.3. The van der Waals surface area contributed by atoms with Gasteiger partial charge in [-0.3, -0.25) is 10.1 Å². The predicted molar refractivity (Wildman–Crippen MR) is 70.0 cm³/mol. The van der Waals surface area contributed by atoms with Gasteiger partial charge in [-0.1, -0.05) is 0 Å². The Morgan fingerprint density at radius 2 is 2.11 bits per heavy atom. The summed E-state index contributed by atoms with van der Waals surface area (Å²) in [6.45, 7) is 0.457. The fourth-order valence-electron chi connectivity index (χ4n) is 1.81. The van der Waals surface area contributed by atoms with Crippen molar-refractivity contribution in [1.82, 2.24) is 4.31 Å². The van der Waals surface area contributed by atoms with Crippen molar-refractivity contribution >= 4 is 21.4 Å². The van der Waals surface area contributed by atoms with Crippen molar-refractivity contribution < 1.29 is 13.3 Å². The topological polar surface area (TPSA) is 107 Å². The molecule has 19 heavy (non-hydrogen) atoms. The first-order chi connectivity index (χ1) is 8.82. The predicted octanol–water partition coefficient (Wildman–Crippen LogP) is 1.21. The highest BCUT2D eigenvalue weighted by Crippen LogP contribution is 2.32. The number of nitrogens with zero attached hydrogens (tertiary/aromatic N) is 2. The molecule has 0 saturated heterocycles. The maximum atomic E-state index is 12.3. The monoisotopic (exact) mass is 285 g/mol. The maximum Gasteiger partial charge on any atom is 0.271 e. The van der Waals surface area contributed by atoms with Crippen molar-refractivity contribution in [2.45, 2.75) is 17.7 Å². The van der Waals surface area contributed by atoms with Gasteiger partial charge >= 0.3 is 0 Å². The molecule has 0 aliphatic heterocycles. The van der Waals surface area contributed by atoms with E-state index in [0.29, 0.717) is 12.5 Å². The SMILES string of the molecule is CN(CC1CC1)S(=O)(=O)c1ccc([N+](=O)[O-])cc1N. The van der Waals surface area contributed by atoms with Crippen LogP contribution < -0.4 is 5.73 Å². The van der Waals surface area contributed by atoms with Gasteiger partial charge in [0.25, 0.3) is 5.69 Å². The average molecular weight is 285 g/mol. The summed E-state index contributed by atoms with van der Waals surface area (Å²) in [4.78, 5) is 9.90. The summed E-state index contributed by atoms with van der Waals surface area (Å²) in [5.41, 5.74) is 5.30. The highest BCUT2D eigenvalue weighted by molar-refractivity contribution is 7.89. The molecule has 1 aliphatic rings. The number of hydrogen-bond donors (Lipinski definition) is 1. The highest BCUT2D eigenvalue weighted by Gasteiger charge is 2.30. The minimum Gasteiger partial charge on any atom is -0.397 e. The second-order valence-corrected chi connectivity index (χ2v) is 6.72. The van der Waals surface area contributed by atoms with Gasteiger partial charge in [0.2, 0.25) is 10.0 Å². The van der Waals surface area contributed by atoms with Crippen LogP contribution in [0.2, 0.25) is 0 Å². The van der Waals surface area contributed by atoms with Crippen LogP contribution in [-0.2, 0) is 10.0 Å². The van der Waals surface area contributed by atoms with Crippen LogP contribution in [-0.4, -0.2) is 31.2 Å². The summed E-state index contributed by atoms with van der Waals surface area (Å²) in [6, 6.07) is 3.40. The second-order valence-electron chi connectivity index (χ2n) is 4.71. The molecule has 1 saturated carbocycles. The summed E-state index contributed by atoms with van der Waals surface area (Å²) >= 11 is 0. The molecule has 8 heteroatoms. The lowest BCUT2D eigenvalue weighted by molar-refractivity contribution is -0.384. The molecule has 0 aromatic heterocycles. The zero-order chi connectivity index (χ0) is 14.2. The molecule has 0 radical (unpaired) electrons. The Morgan fingerprint density at radius 1 is 1.47 bits per heavy atom. The molecule has 0 spiro atoms. The molecule has 0 unspecified atom stereocenters. The molecule has 0 heterocycles. The molecule has 0 atom stereocenters. The van der Waals surface area contributed by atoms with E-state index in [4.69, 9.17) is 5.73 Å². The van der Waals surface area contributed by atoms with E-state index in [1.165, 1.54) is 17.4 Å². The molecule has 0 bridgehead atoms. The van der Waals surface area contributed by atoms with E-state index < -0.39 is 14.9 Å². The lowest BCUT2D eigenvalue weighted by Gasteiger charge is -2.17. The van der Waals surface area contributed by atoms with Crippen LogP contribution in [0.25, 0.3) is 0 Å². The maximum absolute atomic E-state index is 12.3. The standard InChI is InChI=1S/C11H15N3O4S/c1-13(7-8-2-3-8)19(17,18)11-5-4-9(14(15)16)6-10(11)12/h4-6,8H,2-3,7,12H2,1H3. The molecule has 2 rings (SSSR count). The molecule has 104 valence electrons. The Labute approximate surface area is 111 Å². The van der Waals surface area contributed by atoms with E-state index in [1.807, 2.05) is 0 Å². The van der Waals surface area contributed by atoms with E-state index in [-0.39, 0.29) is 16.3 Å². The van der Waals surface area contributed by atoms with Crippen molar-refractivity contribution in [3.63, 3.8) is 0 Å². The summed E-state index contributed by atoms with van der Waals surface area (Å²) in [5, 5.41) is 10.6. The third-order valence-corrected chi connectivity index (χ3v) is 5.00. The van der Waals surface area contributed by atoms with Crippen LogP contribution in [0.4, 0.5) is 11.4 Å². The number of nitro benzene ring substituents is 1. The normalized spacial score (nSPS) is 15.7. The molecule has 7 nitrogen and oxygen atoms in total. The lowest BCUT2D eigenvalue weighted by Crippen LogP contribution is -2.29. The third kappa shape index (κ3) is 2.85. The highest BCUT2D eigenvalue weighted by atomic mass is 32.2. The fourth-order valence-corrected chi connectivity index (χ4v) is 3.15. The summed E-state index contributed by atoms with van der Waals surface area (Å²) in [5.74, 6) is 0.416. The minimum absolute atomic E-state index is 0.0822. The van der Waals surface area contributed by atoms with Crippen LogP contribution >= 0.6 is 0 Å². The Hall–Kier alpha value is -1.67. The first-order valence-electron chi connectivity index (χ1n) is 5.82. The number of benzene rings is 1. The number of rotatable bonds is 5. The molecular weight excluding hydrogens is 270 g/mol. The molecule has 2 N–H and O–H groups in total. The Morgan fingerprint density at radius 3 is 2.58 bits per heavy atom. The average Bonchev–Trinajstić information content (AvgIpc) is 3.12. The van der Waals surface area contributed by atoms with Crippen LogP contribution in [0, 0.1) is 16.0 Å². The summed E-state index contributed by atoms with van der Waals surface area (Å²) in [7, 11) is -2.19. The quantitative estimate of drug-likeness (QED) is 0.497. The Balaban J connectivity index is 2.31. The number of non-ortho nitro benzene ring substituents is 1. The zero-order valence-electron chi connectivity index (χ0n) is 10.4. The number of anilines is 1. The van der Waals surface area contributed by atoms with Crippen molar-refractivity contribution in [1.29, 1.82) is 0 Å². The number of hydrogen-bond acceptors (Lipinski definition) is 5. The van der Waals surface area contributed by atoms with E-state index in [0.717, 1.165) is 25.0 Å². The van der Waals surface area contributed by atoms with Crippen molar-refractivity contribution in [2.75, 3.05) is 19.3 Å². The van der Waals surface area contributed by atoms with Gasteiger partial charge in [0.1, 0.15) is 4.90 Å². The van der Waals surface area contributed by atoms with Gasteiger partial charge in [0.15, 0.2) is 0 Å². The summed E-state index contributed by atoms with van der Waals surface area (Å²) < 4.78 is 25.8. The van der Waals surface area contributed by atoms with Crippen LogP contribution in [0.3, 0.4) is 0 Å². The van der Waals surface area contributed by atoms with Crippen LogP contribution in [0.1, 0.15) is 12.8 Å². The van der Waals surface area contributed by atoms with E-state index in [2.05, 4.69) is 0 Å². The second kappa shape index (κ2) is 4.78. The molecule has 1 aromatic carbocycles. The Kier molecular flexibility index (Phi) is 3.46. The number of nitro groups is 1. The van der Waals surface area contributed by atoms with Gasteiger partial charge in [-0.15, -0.1) is 0 Å². The lowest BCUT2D eigenvalue weighted by atomic mass is 10.3. The van der Waals surface area contributed by atoms with Crippen LogP contribution in [0.15, 0.2) is 23.1 Å². The van der Waals surface area contributed by atoms with Gasteiger partial charge in [-0.25, -0.2) is 12.7 Å². The summed E-state index contributed by atoms with van der Waals surface area (Å²) in [6.07, 6.45) is 2.07. The number of nitrogen functional groups attached to an aromatic ring is 1. The van der Waals surface area contributed by atoms with Gasteiger partial charge < -0.3 is 5.73 Å². The first kappa shape index (κ1) is 13.8. The molecule has 1 aliphatic carbocycles. The first-order valence-corrected chi connectivity index (χ1v) is 7.26. The van der Waals surface area contributed by atoms with E-state index in [1.54, 1.807) is 0 Å². The van der Waals surface area contributed by atoms with Gasteiger partial charge in [0, 0.05) is 25.7 Å². The van der Waals surface area contributed by atoms with Gasteiger partial charge in [-0.2, -0.15) is 0 Å². The number of sulfonamides is 1. The third-order valence-electron chi connectivity index (χ3n) is 3.10. The fraction of sp³-hybridized carbons (Fsp3) is 0.455. The molecule has 1 fully saturated rings. The Bertz CT molecular complexity index is 610. The molecular formula is C11H15N3O4S. The van der Waals surface area contributed by atoms with Crippen molar-refractivity contribution in [3.05, 3.63) is 28.3 Å². The van der Waals surface area contributed by atoms with Crippen molar-refractivity contribution in [3.8, 4) is 0 Å². The largest absolute Gasteiger partial charge is 0.397 e. The van der Waals surface area contributed by atoms with E-state index >= 15 is 0 Å². The van der Waals surface area contributed by atoms with E-state index in [9.17, 15) is 18.5 Å². The molecule has 0 amide bonds. The van der Waals surface area contributed by atoms with Crippen molar-refractivity contribution in [2.24, 2.45) is 5.92 Å². The van der Waals surface area contributed by atoms with Crippen LogP contribution in [0.5, 0.6) is 0 Å².